The summed E-state index contributed by atoms with van der Waals surface area (Å²) in [6, 6.07) is 7.82. The molecular weight excluding hydrogens is 350 g/mol. The fraction of sp³-hybridized carbons (Fsp3) is 0.652. The first-order valence-electron chi connectivity index (χ1n) is 10.8. The number of aryl methyl sites for hydroxylation is 1. The summed E-state index contributed by atoms with van der Waals surface area (Å²) in [5, 5.41) is 3.36. The second-order valence-electron chi connectivity index (χ2n) is 9.46. The molecule has 2 amide bonds. The van der Waals surface area contributed by atoms with Crippen LogP contribution in [0.2, 0.25) is 0 Å². The molecule has 1 N–H and O–H groups in total. The first kappa shape index (κ1) is 19.4. The number of rotatable bonds is 4. The van der Waals surface area contributed by atoms with Crippen molar-refractivity contribution in [2.45, 2.75) is 45.6 Å². The molecule has 5 heteroatoms. The highest BCUT2D eigenvalue weighted by Crippen LogP contribution is 2.44. The van der Waals surface area contributed by atoms with Crippen LogP contribution in [0.4, 0.5) is 0 Å². The highest BCUT2D eigenvalue weighted by Gasteiger charge is 2.57. The summed E-state index contributed by atoms with van der Waals surface area (Å²) in [4.78, 5) is 30.0. The number of nitrogens with zero attached hydrogens (tertiary/aromatic N) is 2. The second kappa shape index (κ2) is 7.51. The van der Waals surface area contributed by atoms with Gasteiger partial charge in [-0.1, -0.05) is 31.5 Å². The van der Waals surface area contributed by atoms with Gasteiger partial charge in [0, 0.05) is 43.2 Å². The third-order valence-corrected chi connectivity index (χ3v) is 7.04. The quantitative estimate of drug-likeness (QED) is 0.870. The van der Waals surface area contributed by atoms with Crippen molar-refractivity contribution in [1.29, 1.82) is 0 Å². The fourth-order valence-corrected chi connectivity index (χ4v) is 5.33. The molecule has 0 aromatic heterocycles. The molecule has 3 saturated heterocycles. The van der Waals surface area contributed by atoms with Crippen molar-refractivity contribution in [2.24, 2.45) is 17.8 Å². The molecule has 0 bridgehead atoms. The number of fused-ring (bicyclic) bond motifs is 2. The molecule has 0 radical (unpaired) electrons. The van der Waals surface area contributed by atoms with Crippen LogP contribution in [0.15, 0.2) is 24.3 Å². The zero-order valence-corrected chi connectivity index (χ0v) is 17.4. The average molecular weight is 384 g/mol. The molecule has 2 atom stereocenters. The Kier molecular flexibility index (Phi) is 5.21. The number of piperidine rings is 1. The van der Waals surface area contributed by atoms with Gasteiger partial charge in [-0.05, 0) is 50.8 Å². The summed E-state index contributed by atoms with van der Waals surface area (Å²) in [6.45, 7) is 11.0. The minimum Gasteiger partial charge on any atom is -0.350 e. The van der Waals surface area contributed by atoms with Crippen molar-refractivity contribution in [3.8, 4) is 0 Å². The molecule has 1 aromatic carbocycles. The standard InChI is InChI=1S/C23H33N3O2/c1-16(2)7-10-25-14-19-20(15-25)23(24-21(19)27)8-11-26(12-9-23)22(28)18-6-4-5-17(3)13-18/h4-6,13,16,19-20H,7-12,14-15H2,1-3H3,(H,24,27)/t19-,20+/m1/s1. The SMILES string of the molecule is Cc1cccc(C(=O)N2CCC3(CC2)NC(=O)[C@@H]2CN(CCC(C)C)C[C@@H]23)c1. The zero-order chi connectivity index (χ0) is 19.9. The van der Waals surface area contributed by atoms with E-state index in [1.54, 1.807) is 0 Å². The number of amides is 2. The van der Waals surface area contributed by atoms with Gasteiger partial charge in [0.25, 0.3) is 5.91 Å². The van der Waals surface area contributed by atoms with Gasteiger partial charge in [-0.25, -0.2) is 0 Å². The molecule has 0 unspecified atom stereocenters. The Hall–Kier alpha value is -1.88. The lowest BCUT2D eigenvalue weighted by atomic mass is 9.75. The Bertz CT molecular complexity index is 752. The predicted octanol–water partition coefficient (Wildman–Crippen LogP) is 2.69. The Morgan fingerprint density at radius 2 is 2.00 bits per heavy atom. The number of carbonyl (C=O) groups excluding carboxylic acids is 2. The van der Waals surface area contributed by atoms with Crippen molar-refractivity contribution in [3.05, 3.63) is 35.4 Å². The lowest BCUT2D eigenvalue weighted by molar-refractivity contribution is -0.123. The van der Waals surface area contributed by atoms with Crippen molar-refractivity contribution in [1.82, 2.24) is 15.1 Å². The topological polar surface area (TPSA) is 52.7 Å². The molecule has 5 nitrogen and oxygen atoms in total. The number of hydrogen-bond donors (Lipinski definition) is 1. The minimum atomic E-state index is -0.113. The van der Waals surface area contributed by atoms with E-state index in [-0.39, 0.29) is 23.3 Å². The summed E-state index contributed by atoms with van der Waals surface area (Å²) < 4.78 is 0. The summed E-state index contributed by atoms with van der Waals surface area (Å²) in [6.07, 6.45) is 2.93. The van der Waals surface area contributed by atoms with Gasteiger partial charge in [-0.3, -0.25) is 9.59 Å². The van der Waals surface area contributed by atoms with Crippen LogP contribution in [0.25, 0.3) is 0 Å². The number of likely N-dealkylation sites (tertiary alicyclic amines) is 2. The first-order valence-corrected chi connectivity index (χ1v) is 10.8. The van der Waals surface area contributed by atoms with Crippen LogP contribution in [0, 0.1) is 24.7 Å². The van der Waals surface area contributed by atoms with Crippen molar-refractivity contribution >= 4 is 11.8 Å². The molecule has 0 aliphatic carbocycles. The second-order valence-corrected chi connectivity index (χ2v) is 9.46. The van der Waals surface area contributed by atoms with Crippen LogP contribution >= 0.6 is 0 Å². The summed E-state index contributed by atoms with van der Waals surface area (Å²) in [5.41, 5.74) is 1.76. The highest BCUT2D eigenvalue weighted by atomic mass is 16.2. The lowest BCUT2D eigenvalue weighted by Crippen LogP contribution is -2.56. The third-order valence-electron chi connectivity index (χ3n) is 7.04. The Balaban J connectivity index is 1.41. The van der Waals surface area contributed by atoms with Crippen molar-refractivity contribution in [2.75, 3.05) is 32.7 Å². The van der Waals surface area contributed by atoms with Crippen LogP contribution in [-0.2, 0) is 4.79 Å². The van der Waals surface area contributed by atoms with Gasteiger partial charge in [-0.15, -0.1) is 0 Å². The van der Waals surface area contributed by atoms with E-state index < -0.39 is 0 Å². The smallest absolute Gasteiger partial charge is 0.253 e. The van der Waals surface area contributed by atoms with Gasteiger partial charge in [0.1, 0.15) is 0 Å². The molecule has 0 saturated carbocycles. The number of benzene rings is 1. The van der Waals surface area contributed by atoms with Crippen molar-refractivity contribution in [3.63, 3.8) is 0 Å². The molecule has 28 heavy (non-hydrogen) atoms. The monoisotopic (exact) mass is 383 g/mol. The highest BCUT2D eigenvalue weighted by molar-refractivity contribution is 5.94. The summed E-state index contributed by atoms with van der Waals surface area (Å²) >= 11 is 0. The lowest BCUT2D eigenvalue weighted by Gasteiger charge is -2.43. The van der Waals surface area contributed by atoms with Crippen LogP contribution in [0.1, 0.15) is 49.0 Å². The third kappa shape index (κ3) is 3.57. The average Bonchev–Trinajstić information content (AvgIpc) is 3.20. The maximum atomic E-state index is 12.9. The van der Waals surface area contributed by atoms with Gasteiger partial charge in [-0.2, -0.15) is 0 Å². The van der Waals surface area contributed by atoms with E-state index in [2.05, 4.69) is 24.1 Å². The van der Waals surface area contributed by atoms with E-state index in [1.165, 1.54) is 6.42 Å². The molecule has 1 aromatic rings. The summed E-state index contributed by atoms with van der Waals surface area (Å²) in [7, 11) is 0. The zero-order valence-electron chi connectivity index (χ0n) is 17.4. The van der Waals surface area contributed by atoms with Crippen LogP contribution < -0.4 is 5.32 Å². The van der Waals surface area contributed by atoms with E-state index in [0.717, 1.165) is 56.7 Å². The molecule has 3 fully saturated rings. The summed E-state index contributed by atoms with van der Waals surface area (Å²) in [5.74, 6) is 1.56. The van der Waals surface area contributed by atoms with Crippen LogP contribution in [0.3, 0.4) is 0 Å². The van der Waals surface area contributed by atoms with E-state index in [0.29, 0.717) is 11.8 Å². The minimum absolute atomic E-state index is 0.113. The number of carbonyl (C=O) groups is 2. The van der Waals surface area contributed by atoms with Gasteiger partial charge in [0.15, 0.2) is 0 Å². The van der Waals surface area contributed by atoms with Crippen LogP contribution in [0.5, 0.6) is 0 Å². The molecule has 1 spiro atoms. The van der Waals surface area contributed by atoms with E-state index in [4.69, 9.17) is 0 Å². The van der Waals surface area contributed by atoms with E-state index in [9.17, 15) is 9.59 Å². The molecule has 152 valence electrons. The Morgan fingerprint density at radius 1 is 1.25 bits per heavy atom. The van der Waals surface area contributed by atoms with E-state index >= 15 is 0 Å². The molecular formula is C23H33N3O2. The normalized spacial score (nSPS) is 26.7. The molecule has 3 aliphatic rings. The Labute approximate surface area is 168 Å². The molecule has 3 heterocycles. The fourth-order valence-electron chi connectivity index (χ4n) is 5.33. The largest absolute Gasteiger partial charge is 0.350 e. The van der Waals surface area contributed by atoms with Crippen LogP contribution in [-0.4, -0.2) is 59.9 Å². The van der Waals surface area contributed by atoms with Crippen molar-refractivity contribution < 1.29 is 9.59 Å². The number of hydrogen-bond acceptors (Lipinski definition) is 3. The van der Waals surface area contributed by atoms with E-state index in [1.807, 2.05) is 36.1 Å². The van der Waals surface area contributed by atoms with Gasteiger partial charge in [0.05, 0.1) is 5.92 Å². The molecule has 3 aliphatic heterocycles. The van der Waals surface area contributed by atoms with Gasteiger partial charge >= 0.3 is 0 Å². The van der Waals surface area contributed by atoms with Gasteiger partial charge < -0.3 is 15.1 Å². The van der Waals surface area contributed by atoms with Gasteiger partial charge in [0.2, 0.25) is 5.91 Å². The number of nitrogens with one attached hydrogen (secondary N) is 1. The maximum Gasteiger partial charge on any atom is 0.253 e. The predicted molar refractivity (Wildman–Crippen MR) is 110 cm³/mol. The first-order chi connectivity index (χ1) is 13.4. The maximum absolute atomic E-state index is 12.9. The Morgan fingerprint density at radius 3 is 2.68 bits per heavy atom. The molecule has 4 rings (SSSR count).